The number of rotatable bonds is 10. The van der Waals surface area contributed by atoms with E-state index in [-0.39, 0.29) is 24.3 Å². The summed E-state index contributed by atoms with van der Waals surface area (Å²) in [5.41, 5.74) is 3.06. The Balaban J connectivity index is 1.60. The van der Waals surface area contributed by atoms with Gasteiger partial charge in [0.05, 0.1) is 47.8 Å². The fraction of sp³-hybridized carbons (Fsp3) is 0.235. The molecule has 0 aliphatic carbocycles. The van der Waals surface area contributed by atoms with Gasteiger partial charge in [0.15, 0.2) is 16.3 Å². The van der Waals surface area contributed by atoms with E-state index in [1.165, 1.54) is 23.0 Å². The van der Waals surface area contributed by atoms with Crippen molar-refractivity contribution in [2.24, 2.45) is 4.99 Å². The molecule has 1 aromatic heterocycles. The number of ether oxygens (including phenoxy) is 4. The van der Waals surface area contributed by atoms with Crippen molar-refractivity contribution in [1.29, 1.82) is 5.26 Å². The van der Waals surface area contributed by atoms with Gasteiger partial charge in [-0.1, -0.05) is 63.7 Å². The number of carbonyl (C=O) groups excluding carboxylic acids is 1. The summed E-state index contributed by atoms with van der Waals surface area (Å²) < 4.78 is 25.6. The summed E-state index contributed by atoms with van der Waals surface area (Å²) >= 11 is 4.84. The Bertz CT molecular complexity index is 2020. The number of halogens is 1. The fourth-order valence-electron chi connectivity index (χ4n) is 5.06. The highest BCUT2D eigenvalue weighted by atomic mass is 79.9. The van der Waals surface area contributed by atoms with Gasteiger partial charge in [0.2, 0.25) is 0 Å². The summed E-state index contributed by atoms with van der Waals surface area (Å²) in [5.74, 6) is 0.954. The minimum absolute atomic E-state index is 0.176. The fourth-order valence-corrected chi connectivity index (χ4v) is 6.54. The van der Waals surface area contributed by atoms with Crippen LogP contribution in [0.15, 0.2) is 86.2 Å². The predicted molar refractivity (Wildman–Crippen MR) is 174 cm³/mol. The number of para-hydroxylation sites is 1. The number of thiazole rings is 1. The van der Waals surface area contributed by atoms with E-state index in [9.17, 15) is 14.9 Å². The van der Waals surface area contributed by atoms with E-state index in [4.69, 9.17) is 18.9 Å². The third-order valence-electron chi connectivity index (χ3n) is 7.12. The normalized spacial score (nSPS) is 14.3. The Kier molecular flexibility index (Phi) is 9.86. The standard InChI is InChI=1S/C34H30BrN3O6S/c1-5-42-26-14-10-9-13-24(26)31-30(33(40)43-6-2)20(3)37-34-38(31)32(39)29(45-34)16-23-15-27(41-4)28(17-25(23)35)44-19-22-12-8-7-11-21(22)18-36/h7-17,31H,5-6,19H2,1-4H3/b29-16-/t31-/m1/s1. The smallest absolute Gasteiger partial charge is 0.338 e. The second kappa shape index (κ2) is 14.0. The van der Waals surface area contributed by atoms with Gasteiger partial charge in [-0.05, 0) is 56.7 Å². The number of nitriles is 1. The molecular formula is C34H30BrN3O6S. The summed E-state index contributed by atoms with van der Waals surface area (Å²) in [4.78, 5) is 32.5. The van der Waals surface area contributed by atoms with E-state index in [0.717, 1.165) is 5.56 Å². The first-order chi connectivity index (χ1) is 21.8. The first-order valence-corrected chi connectivity index (χ1v) is 15.8. The van der Waals surface area contributed by atoms with Gasteiger partial charge in [0.1, 0.15) is 18.4 Å². The number of benzene rings is 3. The average molecular weight is 689 g/mol. The third-order valence-corrected chi connectivity index (χ3v) is 8.79. The lowest BCUT2D eigenvalue weighted by Crippen LogP contribution is -2.40. The molecule has 0 amide bonds. The molecule has 9 nitrogen and oxygen atoms in total. The van der Waals surface area contributed by atoms with Crippen LogP contribution in [-0.4, -0.2) is 30.9 Å². The molecule has 0 spiro atoms. The number of nitrogens with zero attached hydrogens (tertiary/aromatic N) is 3. The van der Waals surface area contributed by atoms with Crippen molar-refractivity contribution in [1.82, 2.24) is 4.57 Å². The van der Waals surface area contributed by atoms with E-state index in [2.05, 4.69) is 27.0 Å². The van der Waals surface area contributed by atoms with E-state index < -0.39 is 12.0 Å². The van der Waals surface area contributed by atoms with Crippen molar-refractivity contribution in [3.63, 3.8) is 0 Å². The molecule has 0 saturated heterocycles. The molecule has 0 N–H and O–H groups in total. The topological polar surface area (TPSA) is 112 Å². The van der Waals surface area contributed by atoms with E-state index in [1.807, 2.05) is 43.3 Å². The molecule has 0 fully saturated rings. The van der Waals surface area contributed by atoms with Gasteiger partial charge in [-0.3, -0.25) is 9.36 Å². The maximum absolute atomic E-state index is 14.1. The molecule has 2 heterocycles. The van der Waals surface area contributed by atoms with Crippen LogP contribution in [0.5, 0.6) is 17.2 Å². The number of methoxy groups -OCH3 is 1. The number of allylic oxidation sites excluding steroid dienone is 1. The monoisotopic (exact) mass is 687 g/mol. The Morgan fingerprint density at radius 1 is 1.07 bits per heavy atom. The zero-order chi connectivity index (χ0) is 32.1. The molecule has 5 rings (SSSR count). The number of hydrogen-bond donors (Lipinski definition) is 0. The zero-order valence-electron chi connectivity index (χ0n) is 25.1. The highest BCUT2D eigenvalue weighted by molar-refractivity contribution is 9.10. The van der Waals surface area contributed by atoms with Gasteiger partial charge < -0.3 is 18.9 Å². The first-order valence-electron chi connectivity index (χ1n) is 14.2. The second-order valence-corrected chi connectivity index (χ2v) is 11.7. The molecule has 0 bridgehead atoms. The summed E-state index contributed by atoms with van der Waals surface area (Å²) in [6, 6.07) is 19.5. The van der Waals surface area contributed by atoms with Crippen LogP contribution < -0.4 is 29.1 Å². The van der Waals surface area contributed by atoms with E-state index in [1.54, 1.807) is 44.2 Å². The van der Waals surface area contributed by atoms with Gasteiger partial charge in [-0.15, -0.1) is 0 Å². The molecule has 1 aliphatic rings. The van der Waals surface area contributed by atoms with Crippen LogP contribution in [-0.2, 0) is 16.1 Å². The molecule has 3 aromatic carbocycles. The van der Waals surface area contributed by atoms with Gasteiger partial charge in [0, 0.05) is 15.6 Å². The molecule has 1 aliphatic heterocycles. The summed E-state index contributed by atoms with van der Waals surface area (Å²) in [5, 5.41) is 9.41. The minimum Gasteiger partial charge on any atom is -0.494 e. The number of esters is 1. The van der Waals surface area contributed by atoms with Crippen LogP contribution in [0.4, 0.5) is 0 Å². The van der Waals surface area contributed by atoms with Gasteiger partial charge in [-0.2, -0.15) is 5.26 Å². The maximum Gasteiger partial charge on any atom is 0.338 e. The van der Waals surface area contributed by atoms with Gasteiger partial charge >= 0.3 is 5.97 Å². The minimum atomic E-state index is -0.796. The van der Waals surface area contributed by atoms with Crippen LogP contribution >= 0.6 is 27.3 Å². The molecule has 0 radical (unpaired) electrons. The molecule has 230 valence electrons. The average Bonchev–Trinajstić information content (AvgIpc) is 3.34. The molecule has 4 aromatic rings. The Hall–Kier alpha value is -4.66. The van der Waals surface area contributed by atoms with Crippen molar-refractivity contribution < 1.29 is 23.7 Å². The molecular weight excluding hydrogens is 658 g/mol. The van der Waals surface area contributed by atoms with Gasteiger partial charge in [0.25, 0.3) is 5.56 Å². The molecule has 11 heteroatoms. The molecule has 0 unspecified atom stereocenters. The Labute approximate surface area is 272 Å². The quantitative estimate of drug-likeness (QED) is 0.205. The summed E-state index contributed by atoms with van der Waals surface area (Å²) in [7, 11) is 1.53. The molecule has 45 heavy (non-hydrogen) atoms. The largest absolute Gasteiger partial charge is 0.494 e. The van der Waals surface area contributed by atoms with Crippen molar-refractivity contribution in [3.8, 4) is 23.3 Å². The number of carbonyl (C=O) groups is 1. The highest BCUT2D eigenvalue weighted by Gasteiger charge is 2.35. The summed E-state index contributed by atoms with van der Waals surface area (Å²) in [6.45, 7) is 6.13. The third kappa shape index (κ3) is 6.43. The van der Waals surface area contributed by atoms with Crippen molar-refractivity contribution in [3.05, 3.63) is 118 Å². The lowest BCUT2D eigenvalue weighted by molar-refractivity contribution is -0.139. The van der Waals surface area contributed by atoms with Crippen LogP contribution in [0.3, 0.4) is 0 Å². The lowest BCUT2D eigenvalue weighted by Gasteiger charge is -2.26. The van der Waals surface area contributed by atoms with E-state index in [0.29, 0.717) is 60.0 Å². The maximum atomic E-state index is 14.1. The number of hydrogen-bond acceptors (Lipinski definition) is 9. The number of fused-ring (bicyclic) bond motifs is 1. The Morgan fingerprint density at radius 3 is 2.56 bits per heavy atom. The van der Waals surface area contributed by atoms with Crippen LogP contribution in [0.2, 0.25) is 0 Å². The van der Waals surface area contributed by atoms with Crippen molar-refractivity contribution in [2.75, 3.05) is 20.3 Å². The van der Waals surface area contributed by atoms with Crippen LogP contribution in [0.25, 0.3) is 6.08 Å². The highest BCUT2D eigenvalue weighted by Crippen LogP contribution is 2.37. The molecule has 0 saturated carbocycles. The van der Waals surface area contributed by atoms with Crippen LogP contribution in [0.1, 0.15) is 49.1 Å². The Morgan fingerprint density at radius 2 is 1.82 bits per heavy atom. The summed E-state index contributed by atoms with van der Waals surface area (Å²) in [6.07, 6.45) is 1.75. The van der Waals surface area contributed by atoms with E-state index >= 15 is 0 Å². The van der Waals surface area contributed by atoms with Crippen molar-refractivity contribution >= 4 is 39.3 Å². The van der Waals surface area contributed by atoms with Crippen molar-refractivity contribution in [2.45, 2.75) is 33.4 Å². The van der Waals surface area contributed by atoms with Crippen LogP contribution in [0, 0.1) is 11.3 Å². The second-order valence-electron chi connectivity index (χ2n) is 9.86. The lowest BCUT2D eigenvalue weighted by atomic mass is 9.95. The molecule has 1 atom stereocenters. The number of aromatic nitrogens is 1. The predicted octanol–water partition coefficient (Wildman–Crippen LogP) is 5.42. The SMILES string of the molecule is CCOC(=O)C1=C(C)N=c2s/c(=C\c3cc(OC)c(OCc4ccccc4C#N)cc3Br)c(=O)n2[C@@H]1c1ccccc1OCC. The zero-order valence-corrected chi connectivity index (χ0v) is 27.5. The van der Waals surface area contributed by atoms with Gasteiger partial charge in [-0.25, -0.2) is 9.79 Å². The first kappa shape index (κ1) is 31.8.